The number of aromatic nitrogens is 2. The van der Waals surface area contributed by atoms with Gasteiger partial charge in [-0.2, -0.15) is 0 Å². The number of ketones is 1. The highest BCUT2D eigenvalue weighted by molar-refractivity contribution is 8.00. The highest BCUT2D eigenvalue weighted by atomic mass is 32.2. The zero-order valence-electron chi connectivity index (χ0n) is 13.5. The van der Waals surface area contributed by atoms with Gasteiger partial charge in [0.1, 0.15) is 5.75 Å². The van der Waals surface area contributed by atoms with Gasteiger partial charge in [0.15, 0.2) is 10.9 Å². The van der Waals surface area contributed by atoms with Crippen LogP contribution in [-0.2, 0) is 6.42 Å². The number of ether oxygens (including phenoxy) is 1. The van der Waals surface area contributed by atoms with E-state index in [0.29, 0.717) is 16.5 Å². The highest BCUT2D eigenvalue weighted by Crippen LogP contribution is 2.23. The summed E-state index contributed by atoms with van der Waals surface area (Å²) in [5.74, 6) is 0.696. The number of aromatic amines is 1. The van der Waals surface area contributed by atoms with E-state index >= 15 is 0 Å². The van der Waals surface area contributed by atoms with Crippen molar-refractivity contribution < 1.29 is 9.53 Å². The van der Waals surface area contributed by atoms with Gasteiger partial charge in [-0.15, -0.1) is 0 Å². The minimum atomic E-state index is -0.344. The van der Waals surface area contributed by atoms with Gasteiger partial charge in [-0.1, -0.05) is 25.1 Å². The van der Waals surface area contributed by atoms with Gasteiger partial charge in [0.25, 0.3) is 5.56 Å². The maximum Gasteiger partial charge on any atom is 0.251 e. The molecule has 0 unspecified atom stereocenters. The van der Waals surface area contributed by atoms with Crippen molar-refractivity contribution in [2.45, 2.75) is 37.1 Å². The van der Waals surface area contributed by atoms with Crippen molar-refractivity contribution in [3.8, 4) is 5.75 Å². The molecule has 23 heavy (non-hydrogen) atoms. The number of thioether (sulfide) groups is 1. The first-order valence-electron chi connectivity index (χ1n) is 7.48. The summed E-state index contributed by atoms with van der Waals surface area (Å²) in [6, 6.07) is 8.49. The Hall–Kier alpha value is -2.08. The standard InChI is InChI=1S/C17H20N2O3S/c1-4-5-13-10-15(20)19-17(18-13)23-11(2)16(21)12-6-8-14(22-3)9-7-12/h6-11H,4-5H2,1-3H3,(H,18,19,20)/t11-/m1/s1. The van der Waals surface area contributed by atoms with Gasteiger partial charge >= 0.3 is 0 Å². The molecule has 1 atom stereocenters. The van der Waals surface area contributed by atoms with Crippen LogP contribution in [0.4, 0.5) is 0 Å². The Morgan fingerprint density at radius 3 is 2.65 bits per heavy atom. The number of benzene rings is 1. The summed E-state index contributed by atoms with van der Waals surface area (Å²) in [5, 5.41) is 0.138. The first-order chi connectivity index (χ1) is 11.0. The van der Waals surface area contributed by atoms with E-state index in [4.69, 9.17) is 4.74 Å². The third kappa shape index (κ3) is 4.69. The third-order valence-electron chi connectivity index (χ3n) is 3.31. The van der Waals surface area contributed by atoms with Crippen LogP contribution in [0.25, 0.3) is 0 Å². The SMILES string of the molecule is CCCc1cc(=O)[nH]c(S[C@H](C)C(=O)c2ccc(OC)cc2)n1. The third-order valence-corrected chi connectivity index (χ3v) is 4.30. The van der Waals surface area contributed by atoms with E-state index in [0.717, 1.165) is 18.5 Å². The highest BCUT2D eigenvalue weighted by Gasteiger charge is 2.18. The van der Waals surface area contributed by atoms with E-state index in [2.05, 4.69) is 9.97 Å². The average molecular weight is 332 g/mol. The molecule has 0 radical (unpaired) electrons. The summed E-state index contributed by atoms with van der Waals surface area (Å²) in [4.78, 5) is 31.2. The first kappa shape index (κ1) is 17.3. The summed E-state index contributed by atoms with van der Waals surface area (Å²) in [7, 11) is 1.58. The van der Waals surface area contributed by atoms with E-state index in [9.17, 15) is 9.59 Å². The molecule has 1 aromatic heterocycles. The number of hydrogen-bond donors (Lipinski definition) is 1. The maximum absolute atomic E-state index is 12.5. The Morgan fingerprint density at radius 1 is 1.35 bits per heavy atom. The topological polar surface area (TPSA) is 72.0 Å². The quantitative estimate of drug-likeness (QED) is 0.479. The molecule has 0 saturated heterocycles. The number of carbonyl (C=O) groups is 1. The van der Waals surface area contributed by atoms with Crippen molar-refractivity contribution in [3.63, 3.8) is 0 Å². The Morgan fingerprint density at radius 2 is 2.04 bits per heavy atom. The number of rotatable bonds is 7. The van der Waals surface area contributed by atoms with Gasteiger partial charge in [0.2, 0.25) is 0 Å². The summed E-state index contributed by atoms with van der Waals surface area (Å²) in [6.07, 6.45) is 1.67. The minimum absolute atomic E-state index is 0.0128. The molecule has 122 valence electrons. The molecular formula is C17H20N2O3S. The Labute approximate surface area is 139 Å². The van der Waals surface area contributed by atoms with Crippen molar-refractivity contribution in [2.24, 2.45) is 0 Å². The second kappa shape index (κ2) is 7.97. The molecule has 6 heteroatoms. The van der Waals surface area contributed by atoms with E-state index in [1.807, 2.05) is 13.8 Å². The molecule has 0 bridgehead atoms. The van der Waals surface area contributed by atoms with Crippen LogP contribution in [0.3, 0.4) is 0 Å². The number of aryl methyl sites for hydroxylation is 1. The molecule has 0 aliphatic carbocycles. The second-order valence-electron chi connectivity index (χ2n) is 5.14. The number of H-pyrrole nitrogens is 1. The van der Waals surface area contributed by atoms with Gasteiger partial charge in [-0.25, -0.2) is 4.98 Å². The lowest BCUT2D eigenvalue weighted by Gasteiger charge is -2.10. The lowest BCUT2D eigenvalue weighted by atomic mass is 10.1. The molecule has 0 aliphatic heterocycles. The number of Topliss-reactive ketones (excluding diaryl/α,β-unsaturated/α-hetero) is 1. The summed E-state index contributed by atoms with van der Waals surface area (Å²) in [6.45, 7) is 3.84. The molecule has 1 N–H and O–H groups in total. The number of carbonyl (C=O) groups excluding carboxylic acids is 1. The predicted octanol–water partition coefficient (Wildman–Crippen LogP) is 3.09. The molecule has 0 saturated carbocycles. The Bertz CT molecular complexity index is 725. The fourth-order valence-corrected chi connectivity index (χ4v) is 3.04. The zero-order chi connectivity index (χ0) is 16.8. The van der Waals surface area contributed by atoms with Crippen molar-refractivity contribution in [1.82, 2.24) is 9.97 Å². The average Bonchev–Trinajstić information content (AvgIpc) is 2.54. The largest absolute Gasteiger partial charge is 0.497 e. The molecular weight excluding hydrogens is 312 g/mol. The fraction of sp³-hybridized carbons (Fsp3) is 0.353. The zero-order valence-corrected chi connectivity index (χ0v) is 14.3. The fourth-order valence-electron chi connectivity index (χ4n) is 2.13. The van der Waals surface area contributed by atoms with Crippen LogP contribution in [0.5, 0.6) is 5.75 Å². The smallest absolute Gasteiger partial charge is 0.251 e. The summed E-state index contributed by atoms with van der Waals surface area (Å²) >= 11 is 1.26. The number of methoxy groups -OCH3 is 1. The van der Waals surface area contributed by atoms with Crippen LogP contribution in [0.1, 0.15) is 36.3 Å². The van der Waals surface area contributed by atoms with Crippen molar-refractivity contribution in [1.29, 1.82) is 0 Å². The molecule has 0 amide bonds. The lowest BCUT2D eigenvalue weighted by Crippen LogP contribution is -2.16. The number of nitrogens with zero attached hydrogens (tertiary/aromatic N) is 1. The molecule has 2 rings (SSSR count). The first-order valence-corrected chi connectivity index (χ1v) is 8.36. The molecule has 0 spiro atoms. The molecule has 1 heterocycles. The van der Waals surface area contributed by atoms with E-state index in [1.54, 1.807) is 31.4 Å². The van der Waals surface area contributed by atoms with Crippen LogP contribution in [0, 0.1) is 0 Å². The van der Waals surface area contributed by atoms with E-state index in [1.165, 1.54) is 17.8 Å². The summed E-state index contributed by atoms with van der Waals surface area (Å²) < 4.78 is 5.09. The Balaban J connectivity index is 2.12. The van der Waals surface area contributed by atoms with Crippen LogP contribution in [0.15, 0.2) is 40.3 Å². The number of hydrogen-bond acceptors (Lipinski definition) is 5. The molecule has 0 fully saturated rings. The van der Waals surface area contributed by atoms with Gasteiger partial charge in [0.05, 0.1) is 12.4 Å². The van der Waals surface area contributed by atoms with Crippen LogP contribution in [0.2, 0.25) is 0 Å². The maximum atomic E-state index is 12.5. The predicted molar refractivity (Wildman–Crippen MR) is 91.5 cm³/mol. The van der Waals surface area contributed by atoms with Crippen molar-refractivity contribution >= 4 is 17.5 Å². The molecule has 2 aromatic rings. The van der Waals surface area contributed by atoms with Crippen molar-refractivity contribution in [3.05, 3.63) is 51.9 Å². The minimum Gasteiger partial charge on any atom is -0.497 e. The second-order valence-corrected chi connectivity index (χ2v) is 6.47. The van der Waals surface area contributed by atoms with Crippen LogP contribution >= 0.6 is 11.8 Å². The Kier molecular flexibility index (Phi) is 5.98. The van der Waals surface area contributed by atoms with Gasteiger partial charge in [0, 0.05) is 17.3 Å². The van der Waals surface area contributed by atoms with E-state index < -0.39 is 0 Å². The monoisotopic (exact) mass is 332 g/mol. The number of nitrogens with one attached hydrogen (secondary N) is 1. The van der Waals surface area contributed by atoms with Gasteiger partial charge < -0.3 is 9.72 Å². The van der Waals surface area contributed by atoms with Crippen LogP contribution in [-0.4, -0.2) is 28.1 Å². The van der Waals surface area contributed by atoms with Crippen molar-refractivity contribution in [2.75, 3.05) is 7.11 Å². The molecule has 1 aromatic carbocycles. The molecule has 5 nitrogen and oxygen atoms in total. The normalized spacial score (nSPS) is 12.0. The van der Waals surface area contributed by atoms with Crippen LogP contribution < -0.4 is 10.3 Å². The van der Waals surface area contributed by atoms with Gasteiger partial charge in [-0.3, -0.25) is 9.59 Å². The molecule has 0 aliphatic rings. The van der Waals surface area contributed by atoms with E-state index in [-0.39, 0.29) is 16.6 Å². The lowest BCUT2D eigenvalue weighted by molar-refractivity contribution is 0.0994. The van der Waals surface area contributed by atoms with Gasteiger partial charge in [-0.05, 0) is 37.6 Å². The summed E-state index contributed by atoms with van der Waals surface area (Å²) in [5.41, 5.74) is 1.18.